The summed E-state index contributed by atoms with van der Waals surface area (Å²) >= 11 is 2.31. The summed E-state index contributed by atoms with van der Waals surface area (Å²) in [6.07, 6.45) is 2.29. The lowest BCUT2D eigenvalue weighted by molar-refractivity contribution is 1.00. The average Bonchev–Trinajstić information content (AvgIpc) is 2.26. The number of hydrogen-bond donors (Lipinski definition) is 0. The molecule has 0 bridgehead atoms. The Hall–Kier alpha value is -0.570. The third kappa shape index (κ3) is 2.08. The minimum Gasteiger partial charge on any atom is -0.0815 e. The molecular weight excluding hydrogens is 283 g/mol. The molecule has 2 rings (SSSR count). The van der Waals surface area contributed by atoms with Gasteiger partial charge in [0.15, 0.2) is 0 Å². The van der Waals surface area contributed by atoms with Crippen molar-refractivity contribution < 1.29 is 0 Å². The van der Waals surface area contributed by atoms with E-state index in [2.05, 4.69) is 69.5 Å². The second kappa shape index (κ2) is 4.78. The Bertz CT molecular complexity index is 415. The Balaban J connectivity index is 2.43. The monoisotopic (exact) mass is 295 g/mol. The smallest absolute Gasteiger partial charge is 0.0231 e. The average molecular weight is 295 g/mol. The molecule has 1 radical (unpaired) electrons. The molecule has 0 N–H and O–H groups in total. The fourth-order valence-corrected chi connectivity index (χ4v) is 2.03. The van der Waals surface area contributed by atoms with E-state index in [1.54, 1.807) is 0 Å². The summed E-state index contributed by atoms with van der Waals surface area (Å²) in [5, 5.41) is 2.74. The molecule has 0 aliphatic heterocycles. The van der Waals surface area contributed by atoms with Gasteiger partial charge in [0, 0.05) is 4.43 Å². The van der Waals surface area contributed by atoms with Gasteiger partial charge in [-0.25, -0.2) is 0 Å². The van der Waals surface area contributed by atoms with Crippen molar-refractivity contribution in [1.82, 2.24) is 0 Å². The molecule has 2 aromatic rings. The van der Waals surface area contributed by atoms with Crippen LogP contribution in [-0.2, 0) is 6.42 Å². The summed E-state index contributed by atoms with van der Waals surface area (Å²) in [5.74, 6) is 0. The van der Waals surface area contributed by atoms with Crippen LogP contribution in [0.2, 0.25) is 0 Å². The molecule has 0 spiro atoms. The molecule has 0 aliphatic rings. The Morgan fingerprint density at radius 2 is 1.79 bits per heavy atom. The van der Waals surface area contributed by atoms with Crippen molar-refractivity contribution in [1.29, 1.82) is 0 Å². The zero-order chi connectivity index (χ0) is 9.80. The third-order valence-corrected chi connectivity index (χ3v) is 3.03. The lowest BCUT2D eigenvalue weighted by Gasteiger charge is -2.04. The standard InChI is InChI=1S/C13H12I/c14-10-4-8-12-7-3-6-11-5-1-2-9-13(11)12/h1-3,5-7,9-10H,4,8H2. The van der Waals surface area contributed by atoms with Crippen LogP contribution in [0.5, 0.6) is 0 Å². The van der Waals surface area contributed by atoms with E-state index in [0.29, 0.717) is 0 Å². The van der Waals surface area contributed by atoms with E-state index in [9.17, 15) is 0 Å². The van der Waals surface area contributed by atoms with Crippen LogP contribution in [0, 0.1) is 4.43 Å². The highest BCUT2D eigenvalue weighted by Crippen LogP contribution is 2.20. The van der Waals surface area contributed by atoms with Crippen molar-refractivity contribution in [2.75, 3.05) is 0 Å². The van der Waals surface area contributed by atoms with Gasteiger partial charge in [0.05, 0.1) is 0 Å². The fourth-order valence-electron chi connectivity index (χ4n) is 1.72. The van der Waals surface area contributed by atoms with E-state index in [4.69, 9.17) is 0 Å². The molecule has 0 heterocycles. The third-order valence-electron chi connectivity index (χ3n) is 2.40. The number of halogens is 1. The largest absolute Gasteiger partial charge is 0.0815 e. The molecular formula is C13H12I. The molecule has 14 heavy (non-hydrogen) atoms. The number of aryl methyl sites for hydroxylation is 1. The number of hydrogen-bond acceptors (Lipinski definition) is 0. The van der Waals surface area contributed by atoms with Crippen LogP contribution >= 0.6 is 22.6 Å². The molecule has 71 valence electrons. The van der Waals surface area contributed by atoms with E-state index >= 15 is 0 Å². The van der Waals surface area contributed by atoms with Gasteiger partial charge in [-0.1, -0.05) is 65.1 Å². The SMILES string of the molecule is I[CH]CCc1cccc2ccccc12. The molecule has 0 aromatic heterocycles. The maximum atomic E-state index is 2.31. The van der Waals surface area contributed by atoms with E-state index in [-0.39, 0.29) is 0 Å². The number of benzene rings is 2. The van der Waals surface area contributed by atoms with Gasteiger partial charge in [0.1, 0.15) is 0 Å². The van der Waals surface area contributed by atoms with Gasteiger partial charge in [-0.15, -0.1) is 0 Å². The Kier molecular flexibility index (Phi) is 3.40. The maximum Gasteiger partial charge on any atom is 0.0231 e. The van der Waals surface area contributed by atoms with Crippen LogP contribution in [-0.4, -0.2) is 0 Å². The summed E-state index contributed by atoms with van der Waals surface area (Å²) in [4.78, 5) is 0. The zero-order valence-corrected chi connectivity index (χ0v) is 10.1. The maximum absolute atomic E-state index is 2.31. The predicted molar refractivity (Wildman–Crippen MR) is 70.6 cm³/mol. The minimum absolute atomic E-state index is 1.14. The Morgan fingerprint density at radius 1 is 1.00 bits per heavy atom. The Morgan fingerprint density at radius 3 is 2.64 bits per heavy atom. The van der Waals surface area contributed by atoms with Gasteiger partial charge < -0.3 is 0 Å². The normalized spacial score (nSPS) is 10.6. The summed E-state index contributed by atoms with van der Waals surface area (Å²) in [5.41, 5.74) is 1.45. The van der Waals surface area contributed by atoms with Crippen LogP contribution in [0.1, 0.15) is 12.0 Å². The molecule has 0 fully saturated rings. The van der Waals surface area contributed by atoms with Gasteiger partial charge in [0.25, 0.3) is 0 Å². The highest BCUT2D eigenvalue weighted by atomic mass is 127. The van der Waals surface area contributed by atoms with Crippen molar-refractivity contribution in [2.45, 2.75) is 12.8 Å². The molecule has 2 aromatic carbocycles. The van der Waals surface area contributed by atoms with Crippen LogP contribution in [0.15, 0.2) is 42.5 Å². The first-order valence-corrected chi connectivity index (χ1v) is 6.05. The summed E-state index contributed by atoms with van der Waals surface area (Å²) in [7, 11) is 0. The number of rotatable bonds is 3. The Labute approximate surface area is 98.5 Å². The van der Waals surface area contributed by atoms with Gasteiger partial charge in [0.2, 0.25) is 0 Å². The van der Waals surface area contributed by atoms with E-state index < -0.39 is 0 Å². The number of fused-ring (bicyclic) bond motifs is 1. The van der Waals surface area contributed by atoms with Crippen molar-refractivity contribution >= 4 is 33.4 Å². The zero-order valence-electron chi connectivity index (χ0n) is 7.91. The van der Waals surface area contributed by atoms with Crippen LogP contribution < -0.4 is 0 Å². The lowest BCUT2D eigenvalue weighted by atomic mass is 10.0. The molecule has 0 aliphatic carbocycles. The molecule has 0 amide bonds. The van der Waals surface area contributed by atoms with Crippen molar-refractivity contribution in [3.63, 3.8) is 0 Å². The second-order valence-electron chi connectivity index (χ2n) is 3.33. The highest BCUT2D eigenvalue weighted by Gasteiger charge is 1.98. The minimum atomic E-state index is 1.14. The van der Waals surface area contributed by atoms with Crippen LogP contribution in [0.4, 0.5) is 0 Å². The molecule has 0 saturated heterocycles. The van der Waals surface area contributed by atoms with Crippen molar-refractivity contribution in [3.8, 4) is 0 Å². The molecule has 0 saturated carbocycles. The first kappa shape index (κ1) is 9.97. The van der Waals surface area contributed by atoms with E-state index in [0.717, 1.165) is 12.8 Å². The van der Waals surface area contributed by atoms with Gasteiger partial charge in [-0.05, 0) is 29.2 Å². The van der Waals surface area contributed by atoms with Gasteiger partial charge >= 0.3 is 0 Å². The second-order valence-corrected chi connectivity index (χ2v) is 4.21. The molecule has 0 nitrogen and oxygen atoms in total. The van der Waals surface area contributed by atoms with Gasteiger partial charge in [-0.3, -0.25) is 0 Å². The topological polar surface area (TPSA) is 0 Å². The summed E-state index contributed by atoms with van der Waals surface area (Å²) < 4.78 is 2.19. The summed E-state index contributed by atoms with van der Waals surface area (Å²) in [6, 6.07) is 15.1. The van der Waals surface area contributed by atoms with Crippen molar-refractivity contribution in [3.05, 3.63) is 52.5 Å². The fraction of sp³-hybridized carbons (Fsp3) is 0.154. The van der Waals surface area contributed by atoms with E-state index in [1.165, 1.54) is 16.3 Å². The molecule has 0 atom stereocenters. The molecule has 0 unspecified atom stereocenters. The molecule has 1 heteroatoms. The van der Waals surface area contributed by atoms with E-state index in [1.807, 2.05) is 0 Å². The first-order valence-electron chi connectivity index (χ1n) is 4.80. The summed E-state index contributed by atoms with van der Waals surface area (Å²) in [6.45, 7) is 0. The highest BCUT2D eigenvalue weighted by molar-refractivity contribution is 14.1. The lowest BCUT2D eigenvalue weighted by Crippen LogP contribution is -1.85. The van der Waals surface area contributed by atoms with Crippen molar-refractivity contribution in [2.24, 2.45) is 0 Å². The van der Waals surface area contributed by atoms with Crippen LogP contribution in [0.3, 0.4) is 0 Å². The quantitative estimate of drug-likeness (QED) is 0.738. The predicted octanol–water partition coefficient (Wildman–Crippen LogP) is 4.37. The van der Waals surface area contributed by atoms with Gasteiger partial charge in [-0.2, -0.15) is 0 Å². The first-order chi connectivity index (χ1) is 6.92. The van der Waals surface area contributed by atoms with Crippen LogP contribution in [0.25, 0.3) is 10.8 Å².